The number of amides is 1. The predicted molar refractivity (Wildman–Crippen MR) is 129 cm³/mol. The summed E-state index contributed by atoms with van der Waals surface area (Å²) in [5.41, 5.74) is 2.13. The third-order valence-corrected chi connectivity index (χ3v) is 6.01. The smallest absolute Gasteiger partial charge is 0.358 e. The van der Waals surface area contributed by atoms with Crippen LogP contribution in [0.4, 0.5) is 5.13 Å². The summed E-state index contributed by atoms with van der Waals surface area (Å²) in [4.78, 5) is 33.6. The first-order valence-electron chi connectivity index (χ1n) is 10.9. The number of hydrogen-bond donors (Lipinski definition) is 0. The molecule has 2 aromatic heterocycles. The molecular weight excluding hydrogens is 452 g/mol. The van der Waals surface area contributed by atoms with Gasteiger partial charge in [0.05, 0.1) is 6.61 Å². The van der Waals surface area contributed by atoms with Gasteiger partial charge in [-0.15, -0.1) is 21.5 Å². The van der Waals surface area contributed by atoms with Gasteiger partial charge in [0, 0.05) is 17.0 Å². The number of hydrogen-bond acceptors (Lipinski definition) is 8. The maximum atomic E-state index is 13.3. The molecule has 0 atom stereocenters. The number of rotatable bonds is 9. The van der Waals surface area contributed by atoms with Gasteiger partial charge >= 0.3 is 5.97 Å². The van der Waals surface area contributed by atoms with Crippen LogP contribution in [0.15, 0.2) is 60.7 Å². The maximum absolute atomic E-state index is 13.3. The van der Waals surface area contributed by atoms with Crippen molar-refractivity contribution in [2.45, 2.75) is 26.8 Å². The number of benzene rings is 2. The van der Waals surface area contributed by atoms with Gasteiger partial charge in [-0.1, -0.05) is 60.7 Å². The summed E-state index contributed by atoms with van der Waals surface area (Å²) in [5.74, 6) is -0.306. The van der Waals surface area contributed by atoms with Gasteiger partial charge in [0.25, 0.3) is 5.91 Å². The highest BCUT2D eigenvalue weighted by atomic mass is 32.1. The number of ether oxygens (including phenoxy) is 1. The largest absolute Gasteiger partial charge is 0.461 e. The Morgan fingerprint density at radius 2 is 1.76 bits per heavy atom. The molecule has 0 saturated heterocycles. The maximum Gasteiger partial charge on any atom is 0.358 e. The van der Waals surface area contributed by atoms with Gasteiger partial charge in [-0.2, -0.15) is 4.80 Å². The molecule has 0 aliphatic carbocycles. The quantitative estimate of drug-likeness (QED) is 0.340. The second-order valence-electron chi connectivity index (χ2n) is 7.41. The molecule has 0 aliphatic heterocycles. The minimum absolute atomic E-state index is 0.109. The fourth-order valence-corrected chi connectivity index (χ4v) is 4.26. The van der Waals surface area contributed by atoms with E-state index < -0.39 is 5.97 Å². The molecule has 0 N–H and O–H groups in total. The zero-order valence-corrected chi connectivity index (χ0v) is 19.7. The van der Waals surface area contributed by atoms with Crippen molar-refractivity contribution in [2.24, 2.45) is 0 Å². The Morgan fingerprint density at radius 1 is 1.06 bits per heavy atom. The van der Waals surface area contributed by atoms with E-state index in [1.54, 1.807) is 18.7 Å². The van der Waals surface area contributed by atoms with E-state index >= 15 is 0 Å². The van der Waals surface area contributed by atoms with E-state index in [-0.39, 0.29) is 24.8 Å². The van der Waals surface area contributed by atoms with Crippen molar-refractivity contribution in [3.63, 3.8) is 0 Å². The minimum Gasteiger partial charge on any atom is -0.461 e. The van der Waals surface area contributed by atoms with Gasteiger partial charge in [0.15, 0.2) is 10.8 Å². The summed E-state index contributed by atoms with van der Waals surface area (Å²) in [6, 6.07) is 19.3. The summed E-state index contributed by atoms with van der Waals surface area (Å²) in [7, 11) is 0. The van der Waals surface area contributed by atoms with Crippen molar-refractivity contribution in [1.29, 1.82) is 0 Å². The molecule has 0 saturated carbocycles. The van der Waals surface area contributed by atoms with Crippen molar-refractivity contribution in [2.75, 3.05) is 18.1 Å². The van der Waals surface area contributed by atoms with Crippen LogP contribution in [-0.4, -0.2) is 50.2 Å². The van der Waals surface area contributed by atoms with Gasteiger partial charge in [-0.3, -0.25) is 9.69 Å². The molecule has 0 fully saturated rings. The molecule has 10 heteroatoms. The summed E-state index contributed by atoms with van der Waals surface area (Å²) in [5, 5.41) is 12.9. The monoisotopic (exact) mass is 476 g/mol. The Morgan fingerprint density at radius 3 is 2.47 bits per heavy atom. The summed E-state index contributed by atoms with van der Waals surface area (Å²) in [6.07, 6.45) is 0.625. The third kappa shape index (κ3) is 5.52. The van der Waals surface area contributed by atoms with E-state index in [9.17, 15) is 9.59 Å². The van der Waals surface area contributed by atoms with Crippen LogP contribution in [0.25, 0.3) is 11.4 Å². The lowest BCUT2D eigenvalue weighted by molar-refractivity contribution is -0.119. The van der Waals surface area contributed by atoms with Gasteiger partial charge in [-0.25, -0.2) is 9.78 Å². The lowest BCUT2D eigenvalue weighted by Crippen LogP contribution is -2.36. The van der Waals surface area contributed by atoms with Gasteiger partial charge in [0.1, 0.15) is 6.54 Å². The Balaban J connectivity index is 1.56. The number of aromatic nitrogens is 5. The van der Waals surface area contributed by atoms with Crippen LogP contribution < -0.4 is 4.90 Å². The Labute approximate surface area is 201 Å². The van der Waals surface area contributed by atoms with E-state index in [2.05, 4.69) is 20.4 Å². The van der Waals surface area contributed by atoms with Crippen molar-refractivity contribution in [3.8, 4) is 11.4 Å². The highest BCUT2D eigenvalue weighted by molar-refractivity contribution is 7.16. The molecule has 0 radical (unpaired) electrons. The highest BCUT2D eigenvalue weighted by Crippen LogP contribution is 2.27. The van der Waals surface area contributed by atoms with Gasteiger partial charge in [-0.05, 0) is 31.0 Å². The van der Waals surface area contributed by atoms with E-state index in [1.165, 1.54) is 16.1 Å². The number of nitrogens with zero attached hydrogens (tertiary/aromatic N) is 6. The highest BCUT2D eigenvalue weighted by Gasteiger charge is 2.25. The average Bonchev–Trinajstić information content (AvgIpc) is 3.47. The van der Waals surface area contributed by atoms with Crippen molar-refractivity contribution >= 4 is 28.3 Å². The molecule has 9 nitrogen and oxygen atoms in total. The lowest BCUT2D eigenvalue weighted by Gasteiger charge is -2.19. The number of esters is 1. The topological polar surface area (TPSA) is 103 Å². The van der Waals surface area contributed by atoms with Crippen LogP contribution >= 0.6 is 11.3 Å². The molecule has 4 rings (SSSR count). The molecule has 0 spiro atoms. The number of anilines is 1. The molecule has 0 aliphatic rings. The average molecular weight is 477 g/mol. The molecule has 2 heterocycles. The first kappa shape index (κ1) is 23.2. The molecular formula is C24H24N6O3S. The Bertz CT molecular complexity index is 1260. The number of carbonyl (C=O) groups is 2. The Hall–Kier alpha value is -3.92. The van der Waals surface area contributed by atoms with Crippen molar-refractivity contribution < 1.29 is 14.3 Å². The van der Waals surface area contributed by atoms with Crippen LogP contribution in [0, 0.1) is 6.92 Å². The first-order valence-corrected chi connectivity index (χ1v) is 11.7. The van der Waals surface area contributed by atoms with Crippen LogP contribution in [0.3, 0.4) is 0 Å². The fourth-order valence-electron chi connectivity index (χ4n) is 3.32. The number of aryl methyl sites for hydroxylation is 1. The van der Waals surface area contributed by atoms with E-state index in [1.807, 2.05) is 60.7 Å². The summed E-state index contributed by atoms with van der Waals surface area (Å²) < 4.78 is 5.10. The molecule has 4 aromatic rings. The Kier molecular flexibility index (Phi) is 7.38. The van der Waals surface area contributed by atoms with Crippen LogP contribution in [0.1, 0.15) is 27.9 Å². The zero-order chi connectivity index (χ0) is 23.9. The van der Waals surface area contributed by atoms with Crippen molar-refractivity contribution in [3.05, 3.63) is 76.8 Å². The summed E-state index contributed by atoms with van der Waals surface area (Å²) >= 11 is 1.28. The molecule has 0 unspecified atom stereocenters. The first-order chi connectivity index (χ1) is 16.5. The number of tetrazole rings is 1. The molecule has 2 aromatic carbocycles. The molecule has 0 bridgehead atoms. The van der Waals surface area contributed by atoms with Crippen LogP contribution in [-0.2, 0) is 22.5 Å². The lowest BCUT2D eigenvalue weighted by atomic mass is 10.1. The van der Waals surface area contributed by atoms with E-state index in [0.717, 1.165) is 11.1 Å². The normalized spacial score (nSPS) is 10.8. The number of thiazole rings is 1. The second-order valence-corrected chi connectivity index (χ2v) is 8.59. The second kappa shape index (κ2) is 10.8. The molecule has 34 heavy (non-hydrogen) atoms. The standard InChI is InChI=1S/C24H24N6O3S/c1-3-33-23(32)21-17(2)34-24(25-21)29(15-14-18-10-6-4-7-11-18)20(31)16-30-27-22(26-28-30)19-12-8-5-9-13-19/h4-13H,3,14-16H2,1-2H3. The van der Waals surface area contributed by atoms with E-state index in [0.29, 0.717) is 28.8 Å². The van der Waals surface area contributed by atoms with Crippen molar-refractivity contribution in [1.82, 2.24) is 25.2 Å². The minimum atomic E-state index is -0.497. The van der Waals surface area contributed by atoms with E-state index in [4.69, 9.17) is 4.74 Å². The van der Waals surface area contributed by atoms with Gasteiger partial charge in [0.2, 0.25) is 5.82 Å². The van der Waals surface area contributed by atoms with Gasteiger partial charge < -0.3 is 4.74 Å². The fraction of sp³-hybridized carbons (Fsp3) is 0.250. The van der Waals surface area contributed by atoms with Crippen LogP contribution in [0.5, 0.6) is 0 Å². The SMILES string of the molecule is CCOC(=O)c1nc(N(CCc2ccccc2)C(=O)Cn2nnc(-c3ccccc3)n2)sc1C. The molecule has 174 valence electrons. The summed E-state index contributed by atoms with van der Waals surface area (Å²) in [6.45, 7) is 4.06. The third-order valence-electron chi connectivity index (χ3n) is 5.01. The zero-order valence-electron chi connectivity index (χ0n) is 18.9. The number of carbonyl (C=O) groups excluding carboxylic acids is 2. The molecule has 1 amide bonds. The predicted octanol–water partition coefficient (Wildman–Crippen LogP) is 3.56. The van der Waals surface area contributed by atoms with Crippen LogP contribution in [0.2, 0.25) is 0 Å².